The zero-order chi connectivity index (χ0) is 20.9. The first kappa shape index (κ1) is 19.5. The number of rotatable bonds is 3. The lowest BCUT2D eigenvalue weighted by Gasteiger charge is -2.18. The van der Waals surface area contributed by atoms with Gasteiger partial charge in [-0.05, 0) is 71.4 Å². The molecule has 2 nitrogen and oxygen atoms in total. The maximum Gasteiger partial charge on any atom is 0.198 e. The minimum absolute atomic E-state index is 0.317. The molecule has 0 fully saturated rings. The zero-order valence-electron chi connectivity index (χ0n) is 16.4. The first-order valence-corrected chi connectivity index (χ1v) is 9.57. The van der Waals surface area contributed by atoms with Crippen molar-refractivity contribution < 1.29 is 18.5 Å². The summed E-state index contributed by atoms with van der Waals surface area (Å²) in [6.07, 6.45) is 15.4. The highest BCUT2D eigenvalue weighted by atomic mass is 19.1. The van der Waals surface area contributed by atoms with Crippen LogP contribution in [-0.2, 0) is 4.74 Å². The Morgan fingerprint density at radius 2 is 1.47 bits per heavy atom. The molecule has 1 heterocycles. The van der Waals surface area contributed by atoms with Gasteiger partial charge in [0.05, 0.1) is 0 Å². The van der Waals surface area contributed by atoms with Crippen molar-refractivity contribution in [1.29, 1.82) is 0 Å². The lowest BCUT2D eigenvalue weighted by atomic mass is 10.00. The molecule has 0 bridgehead atoms. The van der Waals surface area contributed by atoms with Crippen molar-refractivity contribution in [2.24, 2.45) is 0 Å². The van der Waals surface area contributed by atoms with E-state index in [9.17, 15) is 8.78 Å². The molecule has 2 aliphatic rings. The molecule has 1 N–H and O–H groups in total. The van der Waals surface area contributed by atoms with Gasteiger partial charge in [0.1, 0.15) is 30.2 Å². The van der Waals surface area contributed by atoms with Gasteiger partial charge in [0.15, 0.2) is 5.71 Å². The predicted octanol–water partition coefficient (Wildman–Crippen LogP) is 4.51. The standard InChI is InChI=1S/C26H19F2NO/c1-29-24-11-8-18(9-12-24)10-13-25-16-21(19-4-2-6-22(27)14-19)17-26(30-25)20-5-3-7-23(28)15-20/h2-17H,1H3/p+1. The minimum Gasteiger partial charge on any atom is -0.457 e. The molecule has 0 unspecified atom stereocenters. The summed E-state index contributed by atoms with van der Waals surface area (Å²) >= 11 is 0. The monoisotopic (exact) mass is 400 g/mol. The topological polar surface area (TPSA) is 23.2 Å². The first-order chi connectivity index (χ1) is 14.6. The molecule has 0 saturated heterocycles. The van der Waals surface area contributed by atoms with Crippen LogP contribution >= 0.6 is 0 Å². The number of hydrogen-bond acceptors (Lipinski definition) is 1. The molecule has 1 aliphatic heterocycles. The van der Waals surface area contributed by atoms with E-state index in [2.05, 4.69) is 4.99 Å². The van der Waals surface area contributed by atoms with E-state index >= 15 is 0 Å². The summed E-state index contributed by atoms with van der Waals surface area (Å²) in [4.78, 5) is 3.08. The SMILES string of the molecule is C[NH+]=C1C=CC(=CC=C2C=C(c3cccc(F)c3)C=C(c3cccc(F)c3)O2)C=C1. The number of benzene rings is 2. The molecule has 2 aromatic rings. The lowest BCUT2D eigenvalue weighted by Crippen LogP contribution is -2.67. The van der Waals surface area contributed by atoms with E-state index in [1.807, 2.05) is 55.6 Å². The first-order valence-electron chi connectivity index (χ1n) is 9.57. The van der Waals surface area contributed by atoms with Gasteiger partial charge in [-0.3, -0.25) is 0 Å². The third kappa shape index (κ3) is 4.61. The van der Waals surface area contributed by atoms with Crippen molar-refractivity contribution >= 4 is 17.0 Å². The van der Waals surface area contributed by atoms with Crippen molar-refractivity contribution in [3.05, 3.63) is 131 Å². The quantitative estimate of drug-likeness (QED) is 0.805. The summed E-state index contributed by atoms with van der Waals surface area (Å²) in [6, 6.07) is 12.6. The van der Waals surface area contributed by atoms with Crippen molar-refractivity contribution in [1.82, 2.24) is 0 Å². The van der Waals surface area contributed by atoms with Crippen molar-refractivity contribution in [2.75, 3.05) is 7.05 Å². The van der Waals surface area contributed by atoms with E-state index in [0.717, 1.165) is 22.4 Å². The second kappa shape index (κ2) is 8.70. The average molecular weight is 400 g/mol. The van der Waals surface area contributed by atoms with Gasteiger partial charge in [0, 0.05) is 17.7 Å². The van der Waals surface area contributed by atoms with Crippen LogP contribution in [0, 0.1) is 11.6 Å². The molecule has 0 amide bonds. The fraction of sp³-hybridized carbons (Fsp3) is 0.0385. The molecule has 0 radical (unpaired) electrons. The fourth-order valence-electron chi connectivity index (χ4n) is 3.16. The molecule has 4 rings (SSSR count). The summed E-state index contributed by atoms with van der Waals surface area (Å²) in [5, 5.41) is 0. The molecule has 148 valence electrons. The Bertz CT molecular complexity index is 1180. The zero-order valence-corrected chi connectivity index (χ0v) is 16.4. The highest BCUT2D eigenvalue weighted by molar-refractivity contribution is 6.01. The Labute approximate surface area is 174 Å². The number of ether oxygens (including phenoxy) is 1. The van der Waals surface area contributed by atoms with E-state index in [4.69, 9.17) is 4.74 Å². The van der Waals surface area contributed by atoms with Gasteiger partial charge in [-0.1, -0.05) is 30.3 Å². The van der Waals surface area contributed by atoms with Crippen LogP contribution in [0.5, 0.6) is 0 Å². The average Bonchev–Trinajstić information content (AvgIpc) is 2.78. The molecule has 0 aromatic heterocycles. The Hall–Kier alpha value is -3.79. The van der Waals surface area contributed by atoms with Crippen LogP contribution in [0.4, 0.5) is 8.78 Å². The molecular weight excluding hydrogens is 380 g/mol. The third-order valence-electron chi connectivity index (χ3n) is 4.72. The summed E-state index contributed by atoms with van der Waals surface area (Å²) in [6.45, 7) is 0. The van der Waals surface area contributed by atoms with Gasteiger partial charge in [-0.2, -0.15) is 0 Å². The van der Waals surface area contributed by atoms with Gasteiger partial charge in [0.25, 0.3) is 0 Å². The Balaban J connectivity index is 1.72. The molecule has 0 saturated carbocycles. The van der Waals surface area contributed by atoms with E-state index in [-0.39, 0.29) is 11.6 Å². The van der Waals surface area contributed by atoms with Crippen LogP contribution in [0.25, 0.3) is 11.3 Å². The smallest absolute Gasteiger partial charge is 0.198 e. The van der Waals surface area contributed by atoms with Gasteiger partial charge in [-0.15, -0.1) is 0 Å². The van der Waals surface area contributed by atoms with Crippen molar-refractivity contribution in [3.8, 4) is 0 Å². The highest BCUT2D eigenvalue weighted by Crippen LogP contribution is 2.32. The highest BCUT2D eigenvalue weighted by Gasteiger charge is 2.15. The van der Waals surface area contributed by atoms with Crippen molar-refractivity contribution in [2.45, 2.75) is 0 Å². The van der Waals surface area contributed by atoms with E-state index < -0.39 is 0 Å². The van der Waals surface area contributed by atoms with Gasteiger partial charge in [0.2, 0.25) is 0 Å². The number of halogens is 2. The van der Waals surface area contributed by atoms with Crippen LogP contribution in [0.2, 0.25) is 0 Å². The summed E-state index contributed by atoms with van der Waals surface area (Å²) in [5.41, 5.74) is 4.15. The predicted molar refractivity (Wildman–Crippen MR) is 116 cm³/mol. The van der Waals surface area contributed by atoms with Crippen LogP contribution < -0.4 is 4.99 Å². The fourth-order valence-corrected chi connectivity index (χ4v) is 3.16. The van der Waals surface area contributed by atoms with Crippen LogP contribution in [0.1, 0.15) is 11.1 Å². The summed E-state index contributed by atoms with van der Waals surface area (Å²) in [5.74, 6) is 0.415. The van der Waals surface area contributed by atoms with Gasteiger partial charge in [-0.25, -0.2) is 13.8 Å². The minimum atomic E-state index is -0.347. The molecule has 2 aromatic carbocycles. The second-order valence-electron chi connectivity index (χ2n) is 6.84. The normalized spacial score (nSPS) is 16.8. The number of allylic oxidation sites excluding steroid dienone is 10. The number of hydrogen-bond donors (Lipinski definition) is 1. The molecular formula is C26H20F2NO+. The molecule has 0 spiro atoms. The Morgan fingerprint density at radius 3 is 2.13 bits per heavy atom. The lowest BCUT2D eigenvalue weighted by molar-refractivity contribution is -0.417. The summed E-state index contributed by atoms with van der Waals surface area (Å²) in [7, 11) is 1.87. The maximum absolute atomic E-state index is 13.8. The van der Waals surface area contributed by atoms with Gasteiger partial charge >= 0.3 is 0 Å². The van der Waals surface area contributed by atoms with Crippen LogP contribution in [0.3, 0.4) is 0 Å². The number of nitrogens with one attached hydrogen (secondary N) is 1. The summed E-state index contributed by atoms with van der Waals surface area (Å²) < 4.78 is 33.5. The van der Waals surface area contributed by atoms with E-state index in [1.54, 1.807) is 24.3 Å². The van der Waals surface area contributed by atoms with Gasteiger partial charge < -0.3 is 4.74 Å². The van der Waals surface area contributed by atoms with Crippen LogP contribution in [-0.4, -0.2) is 12.8 Å². The second-order valence-corrected chi connectivity index (χ2v) is 6.84. The third-order valence-corrected chi connectivity index (χ3v) is 4.72. The Kier molecular flexibility index (Phi) is 5.66. The largest absolute Gasteiger partial charge is 0.457 e. The van der Waals surface area contributed by atoms with E-state index in [0.29, 0.717) is 17.1 Å². The molecule has 0 atom stereocenters. The maximum atomic E-state index is 13.8. The van der Waals surface area contributed by atoms with E-state index in [1.165, 1.54) is 24.3 Å². The van der Waals surface area contributed by atoms with Crippen LogP contribution in [0.15, 0.2) is 108 Å². The molecule has 1 aliphatic carbocycles. The Morgan fingerprint density at radius 1 is 0.800 bits per heavy atom. The van der Waals surface area contributed by atoms with Crippen molar-refractivity contribution in [3.63, 3.8) is 0 Å². The molecule has 30 heavy (non-hydrogen) atoms. The molecule has 4 heteroatoms.